The number of rotatable bonds is 6. The van der Waals surface area contributed by atoms with E-state index in [1.165, 1.54) is 10.9 Å². The molecule has 2 N–H and O–H groups in total. The summed E-state index contributed by atoms with van der Waals surface area (Å²) in [6.07, 6.45) is 1.70. The van der Waals surface area contributed by atoms with E-state index in [-0.39, 0.29) is 6.61 Å². The molecule has 0 spiro atoms. The fourth-order valence-corrected chi connectivity index (χ4v) is 2.05. The topological polar surface area (TPSA) is 45.4 Å². The highest BCUT2D eigenvalue weighted by Crippen LogP contribution is 2.25. The number of aliphatic hydroxyl groups excluding tert-OH is 1. The second kappa shape index (κ2) is 5.84. The molecule has 2 rings (SSSR count). The van der Waals surface area contributed by atoms with Crippen molar-refractivity contribution in [2.24, 2.45) is 0 Å². The highest BCUT2D eigenvalue weighted by Gasteiger charge is 2.11. The summed E-state index contributed by atoms with van der Waals surface area (Å²) in [6.45, 7) is 3.98. The number of hydrogen-bond donors (Lipinski definition) is 2. The number of fused-ring (bicyclic) bond motifs is 1. The third-order valence-electron chi connectivity index (χ3n) is 2.92. The summed E-state index contributed by atoms with van der Waals surface area (Å²) >= 11 is 0. The molecule has 0 aliphatic carbocycles. The second-order valence-electron chi connectivity index (χ2n) is 4.11. The predicted molar refractivity (Wildman–Crippen MR) is 69.0 cm³/mol. The summed E-state index contributed by atoms with van der Waals surface area (Å²) in [5.41, 5.74) is 2.21. The third kappa shape index (κ3) is 2.68. The Labute approximate surface area is 101 Å². The van der Waals surface area contributed by atoms with Gasteiger partial charge in [0.15, 0.2) is 0 Å². The molecule has 0 atom stereocenters. The monoisotopic (exact) mass is 233 g/mol. The molecule has 92 valence electrons. The number of nitrogens with one attached hydrogen (secondary N) is 1. The van der Waals surface area contributed by atoms with Crippen LogP contribution < -0.4 is 5.32 Å². The quantitative estimate of drug-likeness (QED) is 0.753. The maximum atomic E-state index is 8.74. The van der Waals surface area contributed by atoms with Gasteiger partial charge in [0.1, 0.15) is 11.3 Å². The van der Waals surface area contributed by atoms with Gasteiger partial charge in [-0.25, -0.2) is 0 Å². The molecule has 0 radical (unpaired) electrons. The molecule has 0 amide bonds. The van der Waals surface area contributed by atoms with E-state index in [2.05, 4.69) is 18.3 Å². The lowest BCUT2D eigenvalue weighted by atomic mass is 10.1. The van der Waals surface area contributed by atoms with Crippen LogP contribution in [0.1, 0.15) is 24.7 Å². The number of aliphatic hydroxyl groups is 1. The Bertz CT molecular complexity index is 476. The Hall–Kier alpha value is -1.32. The van der Waals surface area contributed by atoms with E-state index in [4.69, 9.17) is 9.52 Å². The van der Waals surface area contributed by atoms with Crippen LogP contribution in [0.15, 0.2) is 28.7 Å². The zero-order chi connectivity index (χ0) is 12.1. The summed E-state index contributed by atoms with van der Waals surface area (Å²) in [7, 11) is 0. The molecule has 0 saturated heterocycles. The second-order valence-corrected chi connectivity index (χ2v) is 4.11. The maximum absolute atomic E-state index is 8.74. The third-order valence-corrected chi connectivity index (χ3v) is 2.92. The van der Waals surface area contributed by atoms with Crippen molar-refractivity contribution in [1.82, 2.24) is 5.32 Å². The zero-order valence-corrected chi connectivity index (χ0v) is 10.2. The summed E-state index contributed by atoms with van der Waals surface area (Å²) < 4.78 is 5.82. The fraction of sp³-hybridized carbons (Fsp3) is 0.429. The minimum atomic E-state index is 0.236. The lowest BCUT2D eigenvalue weighted by Gasteiger charge is -2.03. The predicted octanol–water partition coefficient (Wildman–Crippen LogP) is 2.47. The molecule has 0 bridgehead atoms. The van der Waals surface area contributed by atoms with Gasteiger partial charge in [0.05, 0.1) is 0 Å². The van der Waals surface area contributed by atoms with E-state index < -0.39 is 0 Å². The lowest BCUT2D eigenvalue weighted by Crippen LogP contribution is -2.16. The molecule has 2 aromatic rings. The van der Waals surface area contributed by atoms with Crippen LogP contribution >= 0.6 is 0 Å². The van der Waals surface area contributed by atoms with Gasteiger partial charge in [-0.05, 0) is 19.0 Å². The van der Waals surface area contributed by atoms with Gasteiger partial charge >= 0.3 is 0 Å². The van der Waals surface area contributed by atoms with Crippen LogP contribution in [0.3, 0.4) is 0 Å². The molecular weight excluding hydrogens is 214 g/mol. The normalized spacial score (nSPS) is 11.2. The number of hydrogen-bond acceptors (Lipinski definition) is 3. The Morgan fingerprint density at radius 3 is 2.88 bits per heavy atom. The van der Waals surface area contributed by atoms with Crippen LogP contribution in [0.25, 0.3) is 11.0 Å². The van der Waals surface area contributed by atoms with Gasteiger partial charge in [0.2, 0.25) is 0 Å². The van der Waals surface area contributed by atoms with Crippen molar-refractivity contribution in [2.45, 2.75) is 26.3 Å². The van der Waals surface area contributed by atoms with E-state index in [0.717, 1.165) is 37.3 Å². The van der Waals surface area contributed by atoms with Gasteiger partial charge in [-0.1, -0.05) is 25.1 Å². The van der Waals surface area contributed by atoms with Gasteiger partial charge < -0.3 is 14.8 Å². The maximum Gasteiger partial charge on any atom is 0.134 e. The molecule has 3 nitrogen and oxygen atoms in total. The molecule has 1 aromatic heterocycles. The van der Waals surface area contributed by atoms with Crippen LogP contribution in [0.2, 0.25) is 0 Å². The highest BCUT2D eigenvalue weighted by atomic mass is 16.3. The van der Waals surface area contributed by atoms with Crippen molar-refractivity contribution in [3.05, 3.63) is 35.6 Å². The van der Waals surface area contributed by atoms with Crippen molar-refractivity contribution in [3.63, 3.8) is 0 Å². The molecular formula is C14H19NO2. The molecule has 1 aromatic carbocycles. The summed E-state index contributed by atoms with van der Waals surface area (Å²) in [5, 5.41) is 13.3. The standard InChI is InChI=1S/C14H19NO2/c1-2-13-12(10-15-8-5-9-16)11-6-3-4-7-14(11)17-13/h3-4,6-7,15-16H,2,5,8-10H2,1H3. The van der Waals surface area contributed by atoms with Crippen LogP contribution in [0, 0.1) is 0 Å². The van der Waals surface area contributed by atoms with Gasteiger partial charge in [-0.15, -0.1) is 0 Å². The molecule has 0 aliphatic rings. The lowest BCUT2D eigenvalue weighted by molar-refractivity contribution is 0.286. The van der Waals surface area contributed by atoms with Crippen molar-refractivity contribution >= 4 is 11.0 Å². The molecule has 0 unspecified atom stereocenters. The molecule has 0 aliphatic heterocycles. The fourth-order valence-electron chi connectivity index (χ4n) is 2.05. The minimum Gasteiger partial charge on any atom is -0.461 e. The van der Waals surface area contributed by atoms with Crippen LogP contribution in [0.4, 0.5) is 0 Å². The van der Waals surface area contributed by atoms with Gasteiger partial charge in [0.25, 0.3) is 0 Å². The van der Waals surface area contributed by atoms with E-state index >= 15 is 0 Å². The first-order chi connectivity index (χ1) is 8.36. The van der Waals surface area contributed by atoms with E-state index in [0.29, 0.717) is 0 Å². The first-order valence-electron chi connectivity index (χ1n) is 6.17. The summed E-state index contributed by atoms with van der Waals surface area (Å²) in [4.78, 5) is 0. The SMILES string of the molecule is CCc1oc2ccccc2c1CNCCCO. The van der Waals surface area contributed by atoms with Gasteiger partial charge in [-0.3, -0.25) is 0 Å². The molecule has 0 fully saturated rings. The number of benzene rings is 1. The van der Waals surface area contributed by atoms with Gasteiger partial charge in [-0.2, -0.15) is 0 Å². The van der Waals surface area contributed by atoms with E-state index in [9.17, 15) is 0 Å². The average molecular weight is 233 g/mol. The minimum absolute atomic E-state index is 0.236. The Morgan fingerprint density at radius 1 is 1.29 bits per heavy atom. The van der Waals surface area contributed by atoms with Crippen molar-refractivity contribution in [2.75, 3.05) is 13.2 Å². The van der Waals surface area contributed by atoms with Gasteiger partial charge in [0, 0.05) is 30.5 Å². The summed E-state index contributed by atoms with van der Waals surface area (Å²) in [6, 6.07) is 8.13. The van der Waals surface area contributed by atoms with Crippen LogP contribution in [0.5, 0.6) is 0 Å². The van der Waals surface area contributed by atoms with Crippen LogP contribution in [-0.4, -0.2) is 18.3 Å². The summed E-state index contributed by atoms with van der Waals surface area (Å²) in [5.74, 6) is 1.06. The Morgan fingerprint density at radius 2 is 2.12 bits per heavy atom. The molecule has 17 heavy (non-hydrogen) atoms. The largest absolute Gasteiger partial charge is 0.461 e. The Kier molecular flexibility index (Phi) is 4.18. The van der Waals surface area contributed by atoms with Crippen LogP contribution in [-0.2, 0) is 13.0 Å². The zero-order valence-electron chi connectivity index (χ0n) is 10.2. The molecule has 1 heterocycles. The van der Waals surface area contributed by atoms with Crippen molar-refractivity contribution in [3.8, 4) is 0 Å². The van der Waals surface area contributed by atoms with E-state index in [1.807, 2.05) is 18.2 Å². The average Bonchev–Trinajstić information content (AvgIpc) is 2.73. The molecule has 0 saturated carbocycles. The Balaban J connectivity index is 2.18. The number of aryl methyl sites for hydroxylation is 1. The smallest absolute Gasteiger partial charge is 0.134 e. The number of furan rings is 1. The van der Waals surface area contributed by atoms with E-state index in [1.54, 1.807) is 0 Å². The number of para-hydroxylation sites is 1. The molecule has 3 heteroatoms. The van der Waals surface area contributed by atoms with Crippen molar-refractivity contribution < 1.29 is 9.52 Å². The van der Waals surface area contributed by atoms with Crippen molar-refractivity contribution in [1.29, 1.82) is 0 Å². The first kappa shape index (κ1) is 12.1. The highest BCUT2D eigenvalue weighted by molar-refractivity contribution is 5.82. The first-order valence-corrected chi connectivity index (χ1v) is 6.17.